The monoisotopic (exact) mass is 227 g/mol. The molecule has 5 nitrogen and oxygen atoms in total. The van der Waals surface area contributed by atoms with E-state index in [1.54, 1.807) is 0 Å². The molecule has 1 heterocycles. The highest BCUT2D eigenvalue weighted by Crippen LogP contribution is 2.20. The highest BCUT2D eigenvalue weighted by Gasteiger charge is 2.36. The molecule has 92 valence electrons. The number of nitrogens with two attached hydrogens (primary N) is 2. The first-order valence-corrected chi connectivity index (χ1v) is 5.84. The highest BCUT2D eigenvalue weighted by molar-refractivity contribution is 5.92. The molecule has 16 heavy (non-hydrogen) atoms. The number of urea groups is 1. The fourth-order valence-electron chi connectivity index (χ4n) is 2.08. The maximum atomic E-state index is 12.1. The van der Waals surface area contributed by atoms with Crippen molar-refractivity contribution in [2.24, 2.45) is 17.4 Å². The molecular formula is C11H21N3O2. The Morgan fingerprint density at radius 3 is 2.62 bits per heavy atom. The Kier molecular flexibility index (Phi) is 4.29. The van der Waals surface area contributed by atoms with Gasteiger partial charge in [0, 0.05) is 6.54 Å². The van der Waals surface area contributed by atoms with Gasteiger partial charge in [0.25, 0.3) is 0 Å². The second-order valence-corrected chi connectivity index (χ2v) is 4.50. The van der Waals surface area contributed by atoms with Gasteiger partial charge < -0.3 is 16.4 Å². The zero-order valence-corrected chi connectivity index (χ0v) is 9.98. The number of hydrogen-bond acceptors (Lipinski definition) is 3. The number of carbonyl (C=O) groups excluding carboxylic acids is 2. The minimum atomic E-state index is -0.521. The molecule has 0 aliphatic carbocycles. The summed E-state index contributed by atoms with van der Waals surface area (Å²) in [6.45, 7) is 4.52. The van der Waals surface area contributed by atoms with E-state index in [9.17, 15) is 9.59 Å². The van der Waals surface area contributed by atoms with Crippen molar-refractivity contribution in [2.45, 2.75) is 45.2 Å². The molecule has 3 atom stereocenters. The van der Waals surface area contributed by atoms with E-state index in [-0.39, 0.29) is 11.7 Å². The molecule has 0 aromatic heterocycles. The average Bonchev–Trinajstić information content (AvgIpc) is 2.74. The maximum absolute atomic E-state index is 12.1. The zero-order chi connectivity index (χ0) is 12.3. The van der Waals surface area contributed by atoms with Crippen LogP contribution in [-0.4, -0.2) is 35.3 Å². The minimum Gasteiger partial charge on any atom is -0.351 e. The Balaban J connectivity index is 2.69. The summed E-state index contributed by atoms with van der Waals surface area (Å²) in [5, 5.41) is 0. The van der Waals surface area contributed by atoms with Crippen LogP contribution in [0.1, 0.15) is 33.1 Å². The normalized spacial score (nSPS) is 24.2. The van der Waals surface area contributed by atoms with Crippen LogP contribution in [-0.2, 0) is 4.79 Å². The average molecular weight is 227 g/mol. The Hall–Kier alpha value is -1.10. The van der Waals surface area contributed by atoms with Gasteiger partial charge in [-0.05, 0) is 18.8 Å². The van der Waals surface area contributed by atoms with Gasteiger partial charge in [-0.2, -0.15) is 0 Å². The van der Waals surface area contributed by atoms with Crippen molar-refractivity contribution in [1.82, 2.24) is 4.90 Å². The van der Waals surface area contributed by atoms with Crippen molar-refractivity contribution in [1.29, 1.82) is 0 Å². The molecule has 1 rings (SSSR count). The summed E-state index contributed by atoms with van der Waals surface area (Å²) in [4.78, 5) is 24.7. The Labute approximate surface area is 96.1 Å². The first kappa shape index (κ1) is 13.0. The predicted octanol–water partition coefficient (Wildman–Crippen LogP) is 0.472. The van der Waals surface area contributed by atoms with Crippen molar-refractivity contribution in [3.05, 3.63) is 0 Å². The van der Waals surface area contributed by atoms with Crippen LogP contribution in [0, 0.1) is 5.92 Å². The summed E-state index contributed by atoms with van der Waals surface area (Å²) in [5.41, 5.74) is 11.1. The van der Waals surface area contributed by atoms with Crippen LogP contribution < -0.4 is 11.5 Å². The fourth-order valence-corrected chi connectivity index (χ4v) is 2.08. The molecule has 1 saturated heterocycles. The van der Waals surface area contributed by atoms with Crippen LogP contribution in [0.4, 0.5) is 4.79 Å². The fraction of sp³-hybridized carbons (Fsp3) is 0.818. The van der Waals surface area contributed by atoms with E-state index in [0.717, 1.165) is 12.8 Å². The van der Waals surface area contributed by atoms with E-state index >= 15 is 0 Å². The van der Waals surface area contributed by atoms with Gasteiger partial charge in [0.05, 0.1) is 12.1 Å². The largest absolute Gasteiger partial charge is 0.351 e. The lowest BCUT2D eigenvalue weighted by molar-refractivity contribution is -0.124. The van der Waals surface area contributed by atoms with Gasteiger partial charge in [0.15, 0.2) is 5.78 Å². The van der Waals surface area contributed by atoms with Crippen LogP contribution in [0.15, 0.2) is 0 Å². The summed E-state index contributed by atoms with van der Waals surface area (Å²) in [7, 11) is 0. The molecule has 0 bridgehead atoms. The van der Waals surface area contributed by atoms with E-state index in [1.165, 1.54) is 4.90 Å². The standard InChI is InChI=1S/C11H21N3O2/c1-3-7(2)9(12)10(15)8-5-4-6-14(8)11(13)16/h7-9H,3-6,12H2,1-2H3,(H2,13,16)/t7-,8?,9-/m0/s1. The number of nitrogens with zero attached hydrogens (tertiary/aromatic N) is 1. The first-order chi connectivity index (χ1) is 7.49. The van der Waals surface area contributed by atoms with Crippen molar-refractivity contribution in [3.8, 4) is 0 Å². The number of amides is 2. The van der Waals surface area contributed by atoms with Crippen LogP contribution in [0.25, 0.3) is 0 Å². The van der Waals surface area contributed by atoms with Gasteiger partial charge in [-0.1, -0.05) is 20.3 Å². The Morgan fingerprint density at radius 1 is 1.50 bits per heavy atom. The van der Waals surface area contributed by atoms with Gasteiger partial charge in [0.1, 0.15) is 0 Å². The molecule has 1 aliphatic rings. The third kappa shape index (κ3) is 2.52. The van der Waals surface area contributed by atoms with Crippen LogP contribution >= 0.6 is 0 Å². The number of rotatable bonds is 4. The second-order valence-electron chi connectivity index (χ2n) is 4.50. The molecule has 2 amide bonds. The van der Waals surface area contributed by atoms with Gasteiger partial charge in [0.2, 0.25) is 0 Å². The van der Waals surface area contributed by atoms with E-state index < -0.39 is 18.1 Å². The number of carbonyl (C=O) groups is 2. The highest BCUT2D eigenvalue weighted by atomic mass is 16.2. The third-order valence-corrected chi connectivity index (χ3v) is 3.45. The second kappa shape index (κ2) is 5.30. The summed E-state index contributed by atoms with van der Waals surface area (Å²) in [6.07, 6.45) is 2.37. The number of ketones is 1. The molecule has 5 heteroatoms. The van der Waals surface area contributed by atoms with E-state index in [0.29, 0.717) is 13.0 Å². The number of Topliss-reactive ketones (excluding diaryl/α,β-unsaturated/α-hetero) is 1. The van der Waals surface area contributed by atoms with Crippen LogP contribution in [0.3, 0.4) is 0 Å². The van der Waals surface area contributed by atoms with E-state index in [4.69, 9.17) is 11.5 Å². The summed E-state index contributed by atoms with van der Waals surface area (Å²) in [5.74, 6) is 0.0912. The first-order valence-electron chi connectivity index (χ1n) is 5.84. The third-order valence-electron chi connectivity index (χ3n) is 3.45. The molecular weight excluding hydrogens is 206 g/mol. The zero-order valence-electron chi connectivity index (χ0n) is 9.98. The van der Waals surface area contributed by atoms with Crippen molar-refractivity contribution >= 4 is 11.8 Å². The smallest absolute Gasteiger partial charge is 0.315 e. The molecule has 1 fully saturated rings. The van der Waals surface area contributed by atoms with E-state index in [1.807, 2.05) is 13.8 Å². The number of hydrogen-bond donors (Lipinski definition) is 2. The van der Waals surface area contributed by atoms with Gasteiger partial charge in [-0.15, -0.1) is 0 Å². The van der Waals surface area contributed by atoms with Gasteiger partial charge in [-0.25, -0.2) is 4.79 Å². The lowest BCUT2D eigenvalue weighted by Crippen LogP contribution is -2.50. The number of primary amides is 1. The molecule has 0 aromatic carbocycles. The molecule has 0 radical (unpaired) electrons. The predicted molar refractivity (Wildman–Crippen MR) is 61.7 cm³/mol. The lowest BCUT2D eigenvalue weighted by Gasteiger charge is -2.26. The van der Waals surface area contributed by atoms with Crippen LogP contribution in [0.5, 0.6) is 0 Å². The lowest BCUT2D eigenvalue weighted by atomic mass is 9.92. The van der Waals surface area contributed by atoms with Crippen LogP contribution in [0.2, 0.25) is 0 Å². The molecule has 0 spiro atoms. The summed E-state index contributed by atoms with van der Waals surface area (Å²) >= 11 is 0. The van der Waals surface area contributed by atoms with Crippen molar-refractivity contribution < 1.29 is 9.59 Å². The summed E-state index contributed by atoms with van der Waals surface area (Å²) in [6, 6.07) is -1.41. The van der Waals surface area contributed by atoms with Crippen molar-refractivity contribution in [3.63, 3.8) is 0 Å². The minimum absolute atomic E-state index is 0.0503. The molecule has 0 saturated carbocycles. The van der Waals surface area contributed by atoms with Gasteiger partial charge in [-0.3, -0.25) is 4.79 Å². The molecule has 1 aliphatic heterocycles. The van der Waals surface area contributed by atoms with Gasteiger partial charge >= 0.3 is 6.03 Å². The van der Waals surface area contributed by atoms with E-state index in [2.05, 4.69) is 0 Å². The maximum Gasteiger partial charge on any atom is 0.315 e. The topological polar surface area (TPSA) is 89.4 Å². The Morgan fingerprint density at radius 2 is 2.12 bits per heavy atom. The number of likely N-dealkylation sites (tertiary alicyclic amines) is 1. The summed E-state index contributed by atoms with van der Waals surface area (Å²) < 4.78 is 0. The van der Waals surface area contributed by atoms with Crippen molar-refractivity contribution in [2.75, 3.05) is 6.54 Å². The Bertz CT molecular complexity index is 280. The molecule has 1 unspecified atom stereocenters. The SMILES string of the molecule is CC[C@H](C)[C@H](N)C(=O)C1CCCN1C(N)=O. The molecule has 4 N–H and O–H groups in total. The molecule has 0 aromatic rings. The quantitative estimate of drug-likeness (QED) is 0.731.